The van der Waals surface area contributed by atoms with Crippen molar-refractivity contribution in [1.29, 1.82) is 0 Å². The molecule has 1 fully saturated rings. The van der Waals surface area contributed by atoms with Gasteiger partial charge in [-0.05, 0) is 73.9 Å². The molecular formula is C23H22ClFN4O. The van der Waals surface area contributed by atoms with Gasteiger partial charge in [0.15, 0.2) is 5.82 Å². The summed E-state index contributed by atoms with van der Waals surface area (Å²) in [4.78, 5) is 14.9. The fourth-order valence-electron chi connectivity index (χ4n) is 3.65. The molecule has 0 spiro atoms. The van der Waals surface area contributed by atoms with Crippen molar-refractivity contribution in [2.24, 2.45) is 5.92 Å². The van der Waals surface area contributed by atoms with E-state index in [-0.39, 0.29) is 17.6 Å². The predicted octanol–water partition coefficient (Wildman–Crippen LogP) is 5.10. The molecule has 0 radical (unpaired) electrons. The first kappa shape index (κ1) is 20.3. The van der Waals surface area contributed by atoms with Gasteiger partial charge in [-0.25, -0.2) is 4.39 Å². The van der Waals surface area contributed by atoms with Gasteiger partial charge < -0.3 is 10.2 Å². The second-order valence-electron chi connectivity index (χ2n) is 7.47. The number of nitrogens with zero attached hydrogens (tertiary/aromatic N) is 3. The third-order valence-corrected chi connectivity index (χ3v) is 5.84. The van der Waals surface area contributed by atoms with E-state index in [1.54, 1.807) is 12.1 Å². The minimum atomic E-state index is -0.283. The van der Waals surface area contributed by atoms with Gasteiger partial charge in [0.2, 0.25) is 5.91 Å². The molecule has 1 unspecified atom stereocenters. The van der Waals surface area contributed by atoms with Crippen LogP contribution >= 0.6 is 11.6 Å². The van der Waals surface area contributed by atoms with Gasteiger partial charge in [0, 0.05) is 29.4 Å². The van der Waals surface area contributed by atoms with Crippen LogP contribution in [0.3, 0.4) is 0 Å². The van der Waals surface area contributed by atoms with Crippen LogP contribution < -0.4 is 10.2 Å². The van der Waals surface area contributed by atoms with E-state index < -0.39 is 0 Å². The summed E-state index contributed by atoms with van der Waals surface area (Å²) < 4.78 is 13.1. The van der Waals surface area contributed by atoms with E-state index >= 15 is 0 Å². The lowest BCUT2D eigenvalue weighted by Gasteiger charge is -2.32. The monoisotopic (exact) mass is 424 g/mol. The number of carbonyl (C=O) groups excluding carboxylic acids is 1. The summed E-state index contributed by atoms with van der Waals surface area (Å²) in [5, 5.41) is 12.3. The van der Waals surface area contributed by atoms with E-state index in [4.69, 9.17) is 11.6 Å². The zero-order valence-electron chi connectivity index (χ0n) is 16.6. The van der Waals surface area contributed by atoms with Gasteiger partial charge in [0.25, 0.3) is 0 Å². The topological polar surface area (TPSA) is 58.1 Å². The van der Waals surface area contributed by atoms with E-state index in [0.717, 1.165) is 42.0 Å². The molecule has 1 atom stereocenters. The molecule has 1 aliphatic heterocycles. The Balaban J connectivity index is 1.44. The molecule has 3 aromatic rings. The number of benzene rings is 2. The Labute approximate surface area is 179 Å². The summed E-state index contributed by atoms with van der Waals surface area (Å²) >= 11 is 6.16. The van der Waals surface area contributed by atoms with Crippen LogP contribution in [0, 0.1) is 18.7 Å². The van der Waals surface area contributed by atoms with Gasteiger partial charge in [-0.15, -0.1) is 10.2 Å². The maximum Gasteiger partial charge on any atom is 0.229 e. The lowest BCUT2D eigenvalue weighted by atomic mass is 9.97. The number of piperidine rings is 1. The Kier molecular flexibility index (Phi) is 5.95. The number of amides is 1. The zero-order valence-corrected chi connectivity index (χ0v) is 17.4. The number of hydrogen-bond donors (Lipinski definition) is 1. The first-order valence-electron chi connectivity index (χ1n) is 9.92. The van der Waals surface area contributed by atoms with Crippen molar-refractivity contribution in [3.63, 3.8) is 0 Å². The molecule has 154 valence electrons. The van der Waals surface area contributed by atoms with Crippen molar-refractivity contribution in [2.45, 2.75) is 19.8 Å². The number of halogens is 2. The van der Waals surface area contributed by atoms with Gasteiger partial charge in [0.05, 0.1) is 11.6 Å². The molecule has 7 heteroatoms. The molecule has 0 aliphatic carbocycles. The fraction of sp³-hybridized carbons (Fsp3) is 0.261. The Bertz CT molecular complexity index is 1040. The Morgan fingerprint density at radius 3 is 2.67 bits per heavy atom. The molecule has 0 bridgehead atoms. The van der Waals surface area contributed by atoms with Crippen molar-refractivity contribution >= 4 is 29.0 Å². The van der Waals surface area contributed by atoms with Crippen molar-refractivity contribution in [3.05, 3.63) is 71.0 Å². The number of aromatic nitrogens is 2. The highest BCUT2D eigenvalue weighted by molar-refractivity contribution is 6.31. The Morgan fingerprint density at radius 1 is 1.13 bits per heavy atom. The largest absolute Gasteiger partial charge is 0.354 e. The quantitative estimate of drug-likeness (QED) is 0.633. The smallest absolute Gasteiger partial charge is 0.229 e. The van der Waals surface area contributed by atoms with Gasteiger partial charge in [-0.3, -0.25) is 4.79 Å². The van der Waals surface area contributed by atoms with Crippen molar-refractivity contribution in [1.82, 2.24) is 10.2 Å². The van der Waals surface area contributed by atoms with Crippen LogP contribution in [0.25, 0.3) is 11.3 Å². The van der Waals surface area contributed by atoms with Gasteiger partial charge in [-0.2, -0.15) is 0 Å². The standard InChI is InChI=1S/C23H22ClFN4O/c1-15-19(24)5-2-6-20(15)26-23(30)17-4-3-13-29(14-17)22-12-11-21(27-28-22)16-7-9-18(25)10-8-16/h2,5-12,17H,3-4,13-14H2,1H3,(H,26,30). The van der Waals surface area contributed by atoms with Crippen LogP contribution in [-0.4, -0.2) is 29.2 Å². The van der Waals surface area contributed by atoms with Crippen LogP contribution in [0.4, 0.5) is 15.9 Å². The number of anilines is 2. The lowest BCUT2D eigenvalue weighted by molar-refractivity contribution is -0.120. The number of rotatable bonds is 4. The average Bonchev–Trinajstić information content (AvgIpc) is 2.78. The van der Waals surface area contributed by atoms with Gasteiger partial charge in [-0.1, -0.05) is 17.7 Å². The molecule has 30 heavy (non-hydrogen) atoms. The van der Waals surface area contributed by atoms with Crippen LogP contribution in [0.2, 0.25) is 5.02 Å². The molecule has 1 saturated heterocycles. The summed E-state index contributed by atoms with van der Waals surface area (Å²) in [6.07, 6.45) is 1.72. The highest BCUT2D eigenvalue weighted by Crippen LogP contribution is 2.27. The zero-order chi connectivity index (χ0) is 21.1. The highest BCUT2D eigenvalue weighted by atomic mass is 35.5. The molecule has 0 saturated carbocycles. The first-order valence-corrected chi connectivity index (χ1v) is 10.3. The van der Waals surface area contributed by atoms with E-state index in [9.17, 15) is 9.18 Å². The maximum absolute atomic E-state index is 13.1. The highest BCUT2D eigenvalue weighted by Gasteiger charge is 2.27. The first-order chi connectivity index (χ1) is 14.5. The average molecular weight is 425 g/mol. The third-order valence-electron chi connectivity index (χ3n) is 5.43. The summed E-state index contributed by atoms with van der Waals surface area (Å²) in [5.41, 5.74) is 3.10. The number of nitrogens with one attached hydrogen (secondary N) is 1. The second-order valence-corrected chi connectivity index (χ2v) is 7.88. The third kappa shape index (κ3) is 4.44. The summed E-state index contributed by atoms with van der Waals surface area (Å²) in [6, 6.07) is 15.4. The maximum atomic E-state index is 13.1. The van der Waals surface area contributed by atoms with E-state index in [0.29, 0.717) is 17.3 Å². The SMILES string of the molecule is Cc1c(Cl)cccc1NC(=O)C1CCCN(c2ccc(-c3ccc(F)cc3)nn2)C1. The summed E-state index contributed by atoms with van der Waals surface area (Å²) in [5.74, 6) is 0.294. The second kappa shape index (κ2) is 8.79. The molecule has 1 amide bonds. The molecular weight excluding hydrogens is 403 g/mol. The van der Waals surface area contributed by atoms with Crippen LogP contribution in [0.1, 0.15) is 18.4 Å². The normalized spacial score (nSPS) is 16.4. The predicted molar refractivity (Wildman–Crippen MR) is 117 cm³/mol. The van der Waals surface area contributed by atoms with Crippen molar-refractivity contribution < 1.29 is 9.18 Å². The Morgan fingerprint density at radius 2 is 1.93 bits per heavy atom. The van der Waals surface area contributed by atoms with E-state index in [2.05, 4.69) is 20.4 Å². The minimum absolute atomic E-state index is 0.0130. The molecule has 1 aliphatic rings. The van der Waals surface area contributed by atoms with Crippen LogP contribution in [0.5, 0.6) is 0 Å². The number of hydrogen-bond acceptors (Lipinski definition) is 4. The van der Waals surface area contributed by atoms with Crippen molar-refractivity contribution in [2.75, 3.05) is 23.3 Å². The molecule has 5 nitrogen and oxygen atoms in total. The molecule has 4 rings (SSSR count). The van der Waals surface area contributed by atoms with Gasteiger partial charge >= 0.3 is 0 Å². The summed E-state index contributed by atoms with van der Waals surface area (Å²) in [6.45, 7) is 3.30. The van der Waals surface area contributed by atoms with Gasteiger partial charge in [0.1, 0.15) is 5.82 Å². The lowest BCUT2D eigenvalue weighted by Crippen LogP contribution is -2.41. The molecule has 1 N–H and O–H groups in total. The minimum Gasteiger partial charge on any atom is -0.354 e. The Hall–Kier alpha value is -2.99. The summed E-state index contributed by atoms with van der Waals surface area (Å²) in [7, 11) is 0. The van der Waals surface area contributed by atoms with E-state index in [1.807, 2.05) is 37.3 Å². The number of carbonyl (C=O) groups is 1. The molecule has 2 heterocycles. The fourth-order valence-corrected chi connectivity index (χ4v) is 3.82. The van der Waals surface area contributed by atoms with Crippen molar-refractivity contribution in [3.8, 4) is 11.3 Å². The van der Waals surface area contributed by atoms with E-state index in [1.165, 1.54) is 12.1 Å². The van der Waals surface area contributed by atoms with Crippen LogP contribution in [0.15, 0.2) is 54.6 Å². The molecule has 2 aromatic carbocycles. The van der Waals surface area contributed by atoms with Crippen LogP contribution in [-0.2, 0) is 4.79 Å². The molecule has 1 aromatic heterocycles.